The van der Waals surface area contributed by atoms with Crippen LogP contribution in [0.2, 0.25) is 0 Å². The summed E-state index contributed by atoms with van der Waals surface area (Å²) in [4.78, 5) is 8.22. The average molecular weight is 257 g/mol. The molecular formula is C15H19N3O. The van der Waals surface area contributed by atoms with E-state index >= 15 is 0 Å². The molecular weight excluding hydrogens is 238 g/mol. The van der Waals surface area contributed by atoms with Gasteiger partial charge in [0.1, 0.15) is 0 Å². The highest BCUT2D eigenvalue weighted by atomic mass is 16.5. The highest BCUT2D eigenvalue weighted by Gasteiger charge is 2.01. The number of pyridine rings is 2. The van der Waals surface area contributed by atoms with E-state index in [-0.39, 0.29) is 6.04 Å². The standard InChI is InChI=1S/C15H19N3O/c1-12(16)14-4-5-15(18-11-14)19-10-2-3-13-6-8-17-9-7-13/h4-9,11-12H,2-3,10,16H2,1H3/t12-/m0/s1. The maximum atomic E-state index is 5.76. The summed E-state index contributed by atoms with van der Waals surface area (Å²) in [7, 11) is 0. The van der Waals surface area contributed by atoms with Crippen molar-refractivity contribution in [3.63, 3.8) is 0 Å². The van der Waals surface area contributed by atoms with Crippen LogP contribution >= 0.6 is 0 Å². The monoisotopic (exact) mass is 257 g/mol. The molecule has 2 rings (SSSR count). The van der Waals surface area contributed by atoms with Crippen molar-refractivity contribution in [1.82, 2.24) is 9.97 Å². The van der Waals surface area contributed by atoms with E-state index in [1.165, 1.54) is 5.56 Å². The van der Waals surface area contributed by atoms with Crippen LogP contribution in [0.4, 0.5) is 0 Å². The van der Waals surface area contributed by atoms with Gasteiger partial charge >= 0.3 is 0 Å². The molecule has 0 amide bonds. The molecule has 100 valence electrons. The number of aromatic nitrogens is 2. The smallest absolute Gasteiger partial charge is 0.213 e. The molecule has 0 spiro atoms. The molecule has 0 radical (unpaired) electrons. The summed E-state index contributed by atoms with van der Waals surface area (Å²) >= 11 is 0. The van der Waals surface area contributed by atoms with Crippen LogP contribution in [0.3, 0.4) is 0 Å². The predicted octanol–water partition coefficient (Wildman–Crippen LogP) is 2.51. The van der Waals surface area contributed by atoms with Crippen LogP contribution in [0.25, 0.3) is 0 Å². The van der Waals surface area contributed by atoms with Gasteiger partial charge in [0.15, 0.2) is 0 Å². The summed E-state index contributed by atoms with van der Waals surface area (Å²) in [6.45, 7) is 2.60. The Labute approximate surface area is 113 Å². The van der Waals surface area contributed by atoms with E-state index in [2.05, 4.69) is 9.97 Å². The van der Waals surface area contributed by atoms with Crippen LogP contribution < -0.4 is 10.5 Å². The fraction of sp³-hybridized carbons (Fsp3) is 0.333. The lowest BCUT2D eigenvalue weighted by Crippen LogP contribution is -2.06. The Bertz CT molecular complexity index is 483. The summed E-state index contributed by atoms with van der Waals surface area (Å²) < 4.78 is 5.59. The molecule has 0 fully saturated rings. The highest BCUT2D eigenvalue weighted by molar-refractivity contribution is 5.20. The Balaban J connectivity index is 1.74. The molecule has 2 aromatic rings. The second-order valence-electron chi connectivity index (χ2n) is 4.53. The second kappa shape index (κ2) is 6.85. The molecule has 0 aliphatic carbocycles. The number of nitrogens with zero attached hydrogens (tertiary/aromatic N) is 2. The molecule has 4 heteroatoms. The third kappa shape index (κ3) is 4.34. The molecule has 19 heavy (non-hydrogen) atoms. The van der Waals surface area contributed by atoms with Crippen LogP contribution in [0.5, 0.6) is 5.88 Å². The first kappa shape index (κ1) is 13.5. The van der Waals surface area contributed by atoms with Crippen molar-refractivity contribution in [3.05, 3.63) is 54.0 Å². The van der Waals surface area contributed by atoms with Crippen molar-refractivity contribution in [2.45, 2.75) is 25.8 Å². The third-order valence-corrected chi connectivity index (χ3v) is 2.89. The summed E-state index contributed by atoms with van der Waals surface area (Å²) in [5.41, 5.74) is 8.06. The van der Waals surface area contributed by atoms with E-state index < -0.39 is 0 Å². The molecule has 0 saturated carbocycles. The minimum Gasteiger partial charge on any atom is -0.478 e. The molecule has 2 heterocycles. The Morgan fingerprint density at radius 1 is 1.21 bits per heavy atom. The predicted molar refractivity (Wildman–Crippen MR) is 74.9 cm³/mol. The van der Waals surface area contributed by atoms with Crippen molar-refractivity contribution in [3.8, 4) is 5.88 Å². The van der Waals surface area contributed by atoms with Gasteiger partial charge in [0.05, 0.1) is 6.61 Å². The zero-order valence-corrected chi connectivity index (χ0v) is 11.1. The lowest BCUT2D eigenvalue weighted by atomic mass is 10.1. The number of nitrogens with two attached hydrogens (primary N) is 1. The normalized spacial score (nSPS) is 12.1. The molecule has 2 aromatic heterocycles. The van der Waals surface area contributed by atoms with Crippen molar-refractivity contribution >= 4 is 0 Å². The summed E-state index contributed by atoms with van der Waals surface area (Å²) in [5, 5.41) is 0. The van der Waals surface area contributed by atoms with E-state index in [9.17, 15) is 0 Å². The fourth-order valence-corrected chi connectivity index (χ4v) is 1.75. The topological polar surface area (TPSA) is 61.0 Å². The molecule has 4 nitrogen and oxygen atoms in total. The van der Waals surface area contributed by atoms with E-state index in [1.807, 2.05) is 43.6 Å². The SMILES string of the molecule is C[C@H](N)c1ccc(OCCCc2ccncc2)nc1. The molecule has 0 aromatic carbocycles. The summed E-state index contributed by atoms with van der Waals surface area (Å²) in [6, 6.07) is 7.88. The first-order chi connectivity index (χ1) is 9.25. The Morgan fingerprint density at radius 2 is 2.00 bits per heavy atom. The number of aryl methyl sites for hydroxylation is 1. The highest BCUT2D eigenvalue weighted by Crippen LogP contribution is 2.12. The Hall–Kier alpha value is -1.94. The van der Waals surface area contributed by atoms with E-state index in [1.54, 1.807) is 6.20 Å². The molecule has 0 aliphatic rings. The van der Waals surface area contributed by atoms with Crippen LogP contribution in [-0.4, -0.2) is 16.6 Å². The van der Waals surface area contributed by atoms with Crippen molar-refractivity contribution in [2.75, 3.05) is 6.61 Å². The molecule has 1 atom stereocenters. The first-order valence-electron chi connectivity index (χ1n) is 6.49. The maximum Gasteiger partial charge on any atom is 0.213 e. The zero-order valence-electron chi connectivity index (χ0n) is 11.1. The summed E-state index contributed by atoms with van der Waals surface area (Å²) in [5.74, 6) is 0.652. The minimum absolute atomic E-state index is 0.00763. The van der Waals surface area contributed by atoms with E-state index in [0.717, 1.165) is 18.4 Å². The van der Waals surface area contributed by atoms with Gasteiger partial charge in [-0.3, -0.25) is 4.98 Å². The molecule has 0 saturated heterocycles. The maximum absolute atomic E-state index is 5.76. The Morgan fingerprint density at radius 3 is 2.63 bits per heavy atom. The third-order valence-electron chi connectivity index (χ3n) is 2.89. The lowest BCUT2D eigenvalue weighted by Gasteiger charge is -2.08. The molecule has 0 aliphatic heterocycles. The second-order valence-corrected chi connectivity index (χ2v) is 4.53. The molecule has 0 bridgehead atoms. The van der Waals surface area contributed by atoms with Crippen molar-refractivity contribution < 1.29 is 4.74 Å². The van der Waals surface area contributed by atoms with Gasteiger partial charge < -0.3 is 10.5 Å². The van der Waals surface area contributed by atoms with Gasteiger partial charge in [-0.1, -0.05) is 6.07 Å². The molecule has 0 unspecified atom stereocenters. The van der Waals surface area contributed by atoms with E-state index in [4.69, 9.17) is 10.5 Å². The zero-order chi connectivity index (χ0) is 13.5. The number of hydrogen-bond donors (Lipinski definition) is 1. The van der Waals surface area contributed by atoms with Crippen LogP contribution in [0, 0.1) is 0 Å². The van der Waals surface area contributed by atoms with Gasteiger partial charge in [-0.2, -0.15) is 0 Å². The Kier molecular flexibility index (Phi) is 4.86. The van der Waals surface area contributed by atoms with Gasteiger partial charge in [0.25, 0.3) is 0 Å². The van der Waals surface area contributed by atoms with Gasteiger partial charge in [-0.15, -0.1) is 0 Å². The fourth-order valence-electron chi connectivity index (χ4n) is 1.75. The number of rotatable bonds is 6. The van der Waals surface area contributed by atoms with Gasteiger partial charge in [0, 0.05) is 30.7 Å². The van der Waals surface area contributed by atoms with Crippen molar-refractivity contribution in [2.24, 2.45) is 5.73 Å². The van der Waals surface area contributed by atoms with Crippen LogP contribution in [0.15, 0.2) is 42.9 Å². The van der Waals surface area contributed by atoms with Gasteiger partial charge in [-0.25, -0.2) is 4.98 Å². The lowest BCUT2D eigenvalue weighted by molar-refractivity contribution is 0.299. The van der Waals surface area contributed by atoms with Crippen LogP contribution in [-0.2, 0) is 6.42 Å². The summed E-state index contributed by atoms with van der Waals surface area (Å²) in [6.07, 6.45) is 7.33. The number of hydrogen-bond acceptors (Lipinski definition) is 4. The quantitative estimate of drug-likeness (QED) is 0.808. The average Bonchev–Trinajstić information content (AvgIpc) is 2.45. The van der Waals surface area contributed by atoms with Gasteiger partial charge in [-0.05, 0) is 43.0 Å². The molecule has 2 N–H and O–H groups in total. The van der Waals surface area contributed by atoms with Crippen LogP contribution in [0.1, 0.15) is 30.5 Å². The first-order valence-corrected chi connectivity index (χ1v) is 6.49. The minimum atomic E-state index is 0.00763. The number of ether oxygens (including phenoxy) is 1. The van der Waals surface area contributed by atoms with Crippen molar-refractivity contribution in [1.29, 1.82) is 0 Å². The van der Waals surface area contributed by atoms with E-state index in [0.29, 0.717) is 12.5 Å². The van der Waals surface area contributed by atoms with Gasteiger partial charge in [0.2, 0.25) is 5.88 Å². The largest absolute Gasteiger partial charge is 0.478 e.